The number of halogens is 2. The maximum Gasteiger partial charge on any atom is 0.250 e. The van der Waals surface area contributed by atoms with Crippen molar-refractivity contribution in [2.45, 2.75) is 23.6 Å². The lowest BCUT2D eigenvalue weighted by Crippen LogP contribution is -2.12. The van der Waals surface area contributed by atoms with Crippen molar-refractivity contribution < 1.29 is 27.5 Å². The number of anilines is 2. The third kappa shape index (κ3) is 7.84. The van der Waals surface area contributed by atoms with E-state index in [1.165, 1.54) is 60.7 Å². The molecule has 0 aliphatic rings. The largest absolute Gasteiger partial charge is 0.457 e. The number of amides is 2. The van der Waals surface area contributed by atoms with Gasteiger partial charge in [-0.15, -0.1) is 0 Å². The van der Waals surface area contributed by atoms with Crippen LogP contribution in [0.2, 0.25) is 10.0 Å². The molecule has 8 nitrogen and oxygen atoms in total. The molecule has 0 aromatic heterocycles. The number of sulfone groups is 1. The normalized spacial score (nSPS) is 10.9. The third-order valence-electron chi connectivity index (χ3n) is 5.89. The number of hydrogen-bond acceptors (Lipinski definition) is 6. The lowest BCUT2D eigenvalue weighted by molar-refractivity contribution is -0.113. The Hall–Kier alpha value is -4.57. The van der Waals surface area contributed by atoms with E-state index in [-0.39, 0.29) is 31.7 Å². The van der Waals surface area contributed by atoms with Gasteiger partial charge in [-0.1, -0.05) is 36.4 Å². The molecular weight excluding hydrogens is 611 g/mol. The zero-order chi connectivity index (χ0) is 31.3. The van der Waals surface area contributed by atoms with E-state index in [0.29, 0.717) is 45.5 Å². The van der Waals surface area contributed by atoms with Gasteiger partial charge in [-0.3, -0.25) is 9.59 Å². The van der Waals surface area contributed by atoms with Crippen molar-refractivity contribution in [3.05, 3.63) is 119 Å². The van der Waals surface area contributed by atoms with Gasteiger partial charge < -0.3 is 20.1 Å². The second kappa shape index (κ2) is 13.2. The fraction of sp³-hybridized carbons (Fsp3) is 0.0625. The molecule has 4 aromatic rings. The summed E-state index contributed by atoms with van der Waals surface area (Å²) in [6, 6.07) is 21.4. The van der Waals surface area contributed by atoms with E-state index < -0.39 is 9.84 Å². The molecule has 220 valence electrons. The zero-order valence-corrected chi connectivity index (χ0v) is 25.4. The van der Waals surface area contributed by atoms with Crippen molar-refractivity contribution in [2.24, 2.45) is 0 Å². The van der Waals surface area contributed by atoms with Crippen LogP contribution < -0.4 is 20.1 Å². The average molecular weight is 638 g/mol. The summed E-state index contributed by atoms with van der Waals surface area (Å²) in [7, 11) is -3.83. The second-order valence-corrected chi connectivity index (χ2v) is 12.2. The molecule has 0 radical (unpaired) electrons. The van der Waals surface area contributed by atoms with Gasteiger partial charge in [-0.2, -0.15) is 0 Å². The van der Waals surface area contributed by atoms with Crippen LogP contribution in [0.5, 0.6) is 23.0 Å². The summed E-state index contributed by atoms with van der Waals surface area (Å²) in [6.07, 6.45) is 0. The number of ether oxygens (including phenoxy) is 2. The topological polar surface area (TPSA) is 111 Å². The summed E-state index contributed by atoms with van der Waals surface area (Å²) in [6.45, 7) is 10.3. The Bertz CT molecular complexity index is 1710. The summed E-state index contributed by atoms with van der Waals surface area (Å²) < 4.78 is 38.0. The Kier molecular flexibility index (Phi) is 9.60. The first-order valence-corrected chi connectivity index (χ1v) is 14.9. The molecule has 2 amide bonds. The standard InChI is InChI=1S/C32H26Cl2N2O6S/c1-19(2)31(37)35-29-15-9-23(17-27(29)33)41-21-5-11-25(12-6-21)43(39,40)26-13-7-22(8-14-26)42-24-10-16-30(28(34)18-24)36-32(38)20(3)4/h5-18H,1,3H2,2,4H3,(H,35,37)(H,36,38). The fourth-order valence-electron chi connectivity index (χ4n) is 3.56. The molecule has 0 bridgehead atoms. The Morgan fingerprint density at radius 3 is 1.23 bits per heavy atom. The summed E-state index contributed by atoms with van der Waals surface area (Å²) >= 11 is 12.5. The van der Waals surface area contributed by atoms with Crippen LogP contribution >= 0.6 is 23.2 Å². The molecular formula is C32H26Cl2N2O6S. The Balaban J connectivity index is 1.41. The summed E-state index contributed by atoms with van der Waals surface area (Å²) in [5, 5.41) is 5.83. The van der Waals surface area contributed by atoms with Crippen LogP contribution in [0.3, 0.4) is 0 Å². The number of hydrogen-bond donors (Lipinski definition) is 2. The van der Waals surface area contributed by atoms with Crippen LogP contribution in [0.15, 0.2) is 119 Å². The van der Waals surface area contributed by atoms with Crippen LogP contribution in [0.4, 0.5) is 11.4 Å². The second-order valence-electron chi connectivity index (χ2n) is 9.40. The van der Waals surface area contributed by atoms with Gasteiger partial charge in [0.15, 0.2) is 0 Å². The monoisotopic (exact) mass is 636 g/mol. The number of carbonyl (C=O) groups is 2. The van der Waals surface area contributed by atoms with Crippen molar-refractivity contribution in [2.75, 3.05) is 10.6 Å². The molecule has 43 heavy (non-hydrogen) atoms. The number of carbonyl (C=O) groups excluding carboxylic acids is 2. The van der Waals surface area contributed by atoms with Gasteiger partial charge in [0.25, 0.3) is 11.8 Å². The van der Waals surface area contributed by atoms with E-state index in [1.807, 2.05) is 0 Å². The smallest absolute Gasteiger partial charge is 0.250 e. The van der Waals surface area contributed by atoms with Crippen molar-refractivity contribution >= 4 is 56.2 Å². The van der Waals surface area contributed by atoms with Crippen molar-refractivity contribution in [1.29, 1.82) is 0 Å². The van der Waals surface area contributed by atoms with E-state index in [4.69, 9.17) is 32.7 Å². The minimum absolute atomic E-state index is 0.0728. The molecule has 11 heteroatoms. The molecule has 0 aliphatic heterocycles. The minimum atomic E-state index is -3.83. The van der Waals surface area contributed by atoms with Gasteiger partial charge >= 0.3 is 0 Å². The Morgan fingerprint density at radius 1 is 0.605 bits per heavy atom. The maximum absolute atomic E-state index is 13.2. The van der Waals surface area contributed by atoms with Gasteiger partial charge in [0.2, 0.25) is 9.84 Å². The third-order valence-corrected chi connectivity index (χ3v) is 8.30. The van der Waals surface area contributed by atoms with Crippen LogP contribution in [0.25, 0.3) is 0 Å². The van der Waals surface area contributed by atoms with Gasteiger partial charge in [0.05, 0.1) is 31.2 Å². The van der Waals surface area contributed by atoms with E-state index in [0.717, 1.165) is 0 Å². The van der Waals surface area contributed by atoms with E-state index in [2.05, 4.69) is 23.8 Å². The highest BCUT2D eigenvalue weighted by Crippen LogP contribution is 2.33. The molecule has 0 fully saturated rings. The molecule has 0 aliphatic carbocycles. The molecule has 0 spiro atoms. The molecule has 4 rings (SSSR count). The summed E-state index contributed by atoms with van der Waals surface area (Å²) in [4.78, 5) is 23.8. The SMILES string of the molecule is C=C(C)C(=O)Nc1ccc(Oc2ccc(S(=O)(=O)c3ccc(Oc4ccc(NC(=O)C(=C)C)c(Cl)c4)cc3)cc2)cc1Cl. The first-order valence-electron chi connectivity index (χ1n) is 12.7. The lowest BCUT2D eigenvalue weighted by atomic mass is 10.2. The number of rotatable bonds is 10. The lowest BCUT2D eigenvalue weighted by Gasteiger charge is -2.12. The van der Waals surface area contributed by atoms with E-state index in [9.17, 15) is 18.0 Å². The van der Waals surface area contributed by atoms with Crippen molar-refractivity contribution in [3.63, 3.8) is 0 Å². The van der Waals surface area contributed by atoms with Gasteiger partial charge in [-0.25, -0.2) is 8.42 Å². The molecule has 0 heterocycles. The first kappa shape index (κ1) is 31.4. The van der Waals surface area contributed by atoms with E-state index in [1.54, 1.807) is 38.1 Å². The minimum Gasteiger partial charge on any atom is -0.457 e. The molecule has 0 saturated carbocycles. The van der Waals surface area contributed by atoms with Crippen LogP contribution in [0.1, 0.15) is 13.8 Å². The van der Waals surface area contributed by atoms with Gasteiger partial charge in [0, 0.05) is 23.3 Å². The average Bonchev–Trinajstić information content (AvgIpc) is 2.96. The first-order chi connectivity index (χ1) is 20.3. The highest BCUT2D eigenvalue weighted by molar-refractivity contribution is 7.91. The Morgan fingerprint density at radius 2 is 0.930 bits per heavy atom. The predicted octanol–water partition coefficient (Wildman–Crippen LogP) is 8.44. The van der Waals surface area contributed by atoms with Gasteiger partial charge in [-0.05, 0) is 86.6 Å². The molecule has 4 aromatic carbocycles. The summed E-state index contributed by atoms with van der Waals surface area (Å²) in [5.74, 6) is 0.880. The maximum atomic E-state index is 13.2. The molecule has 0 saturated heterocycles. The Labute approximate surface area is 259 Å². The van der Waals surface area contributed by atoms with Crippen LogP contribution in [0, 0.1) is 0 Å². The van der Waals surface area contributed by atoms with Crippen LogP contribution in [-0.4, -0.2) is 20.2 Å². The van der Waals surface area contributed by atoms with Crippen LogP contribution in [-0.2, 0) is 19.4 Å². The van der Waals surface area contributed by atoms with Gasteiger partial charge in [0.1, 0.15) is 23.0 Å². The zero-order valence-electron chi connectivity index (χ0n) is 23.1. The molecule has 0 atom stereocenters. The van der Waals surface area contributed by atoms with E-state index >= 15 is 0 Å². The number of benzene rings is 4. The summed E-state index contributed by atoms with van der Waals surface area (Å²) in [5.41, 5.74) is 1.50. The predicted molar refractivity (Wildman–Crippen MR) is 168 cm³/mol. The van der Waals surface area contributed by atoms with Crippen molar-refractivity contribution in [1.82, 2.24) is 0 Å². The highest BCUT2D eigenvalue weighted by atomic mass is 35.5. The van der Waals surface area contributed by atoms with Crippen molar-refractivity contribution in [3.8, 4) is 23.0 Å². The fourth-order valence-corrected chi connectivity index (χ4v) is 5.26. The number of nitrogens with one attached hydrogen (secondary N) is 2. The highest BCUT2D eigenvalue weighted by Gasteiger charge is 2.18. The quantitative estimate of drug-likeness (QED) is 0.169. The molecule has 2 N–H and O–H groups in total. The molecule has 0 unspecified atom stereocenters.